The quantitative estimate of drug-likeness (QED) is 0.533. The summed E-state index contributed by atoms with van der Waals surface area (Å²) < 4.78 is 5.10. The summed E-state index contributed by atoms with van der Waals surface area (Å²) in [6.07, 6.45) is 0.410. The number of aliphatic hydroxyl groups excluding tert-OH is 1. The lowest BCUT2D eigenvalue weighted by Gasteiger charge is -2.10. The maximum Gasteiger partial charge on any atom is 0.313 e. The topological polar surface area (TPSA) is 87.7 Å². The molecule has 0 radical (unpaired) electrons. The highest BCUT2D eigenvalue weighted by Gasteiger charge is 2.15. The molecule has 0 saturated carbocycles. The van der Waals surface area contributed by atoms with Crippen molar-refractivity contribution < 1.29 is 19.4 Å². The molecule has 0 aliphatic rings. The number of anilines is 1. The number of aryl methyl sites for hydroxylation is 1. The van der Waals surface area contributed by atoms with E-state index in [9.17, 15) is 9.59 Å². The lowest BCUT2D eigenvalue weighted by atomic mass is 10.2. The molecule has 0 atom stereocenters. The van der Waals surface area contributed by atoms with Gasteiger partial charge in [-0.2, -0.15) is 0 Å². The van der Waals surface area contributed by atoms with Crippen molar-refractivity contribution >= 4 is 17.5 Å². The maximum absolute atomic E-state index is 11.6. The minimum atomic E-state index is -0.762. The van der Waals surface area contributed by atoms with Crippen LogP contribution in [0.5, 0.6) is 5.75 Å². The summed E-state index contributed by atoms with van der Waals surface area (Å²) in [7, 11) is 1.49. The Morgan fingerprint density at radius 2 is 2.05 bits per heavy atom. The largest absolute Gasteiger partial charge is 0.495 e. The Balaban J connectivity index is 2.65. The molecule has 0 fully saturated rings. The van der Waals surface area contributed by atoms with E-state index in [1.807, 2.05) is 13.0 Å². The molecule has 0 aliphatic carbocycles. The van der Waals surface area contributed by atoms with Crippen LogP contribution < -0.4 is 15.4 Å². The van der Waals surface area contributed by atoms with E-state index in [1.165, 1.54) is 7.11 Å². The zero-order valence-electron chi connectivity index (χ0n) is 11.0. The molecule has 0 heterocycles. The van der Waals surface area contributed by atoms with Gasteiger partial charge in [0.15, 0.2) is 0 Å². The molecule has 19 heavy (non-hydrogen) atoms. The van der Waals surface area contributed by atoms with Crippen LogP contribution in [-0.2, 0) is 9.59 Å². The highest BCUT2D eigenvalue weighted by molar-refractivity contribution is 6.39. The predicted molar refractivity (Wildman–Crippen MR) is 71.1 cm³/mol. The van der Waals surface area contributed by atoms with Crippen molar-refractivity contribution in [2.75, 3.05) is 25.6 Å². The second kappa shape index (κ2) is 7.38. The zero-order valence-corrected chi connectivity index (χ0v) is 11.0. The molecule has 0 aromatic heterocycles. The molecule has 2 amide bonds. The Hall–Kier alpha value is -2.08. The van der Waals surface area contributed by atoms with Crippen molar-refractivity contribution in [3.05, 3.63) is 23.8 Å². The fourth-order valence-corrected chi connectivity index (χ4v) is 1.46. The van der Waals surface area contributed by atoms with Gasteiger partial charge in [-0.3, -0.25) is 9.59 Å². The number of carbonyl (C=O) groups excluding carboxylic acids is 2. The fourth-order valence-electron chi connectivity index (χ4n) is 1.46. The van der Waals surface area contributed by atoms with E-state index >= 15 is 0 Å². The molecule has 6 heteroatoms. The number of hydrogen-bond acceptors (Lipinski definition) is 4. The minimum Gasteiger partial charge on any atom is -0.495 e. The molecule has 1 rings (SSSR count). The van der Waals surface area contributed by atoms with Gasteiger partial charge >= 0.3 is 11.8 Å². The van der Waals surface area contributed by atoms with Crippen LogP contribution in [0.2, 0.25) is 0 Å². The first-order valence-corrected chi connectivity index (χ1v) is 5.93. The lowest BCUT2D eigenvalue weighted by Crippen LogP contribution is -2.36. The van der Waals surface area contributed by atoms with Crippen molar-refractivity contribution in [2.24, 2.45) is 0 Å². The lowest BCUT2D eigenvalue weighted by molar-refractivity contribution is -0.136. The number of carbonyl (C=O) groups is 2. The summed E-state index contributed by atoms with van der Waals surface area (Å²) in [6, 6.07) is 5.28. The molecule has 1 aromatic rings. The molecule has 0 unspecified atom stereocenters. The number of rotatable bonds is 5. The van der Waals surface area contributed by atoms with Gasteiger partial charge in [0.25, 0.3) is 0 Å². The zero-order chi connectivity index (χ0) is 14.3. The third-order valence-corrected chi connectivity index (χ3v) is 2.43. The number of aliphatic hydroxyl groups is 1. The molecule has 0 aliphatic heterocycles. The molecular formula is C13H18N2O4. The van der Waals surface area contributed by atoms with Crippen molar-refractivity contribution in [2.45, 2.75) is 13.3 Å². The molecule has 0 spiro atoms. The highest BCUT2D eigenvalue weighted by atomic mass is 16.5. The van der Waals surface area contributed by atoms with Crippen molar-refractivity contribution in [3.63, 3.8) is 0 Å². The van der Waals surface area contributed by atoms with Gasteiger partial charge in [0, 0.05) is 13.2 Å². The maximum atomic E-state index is 11.6. The number of hydrogen-bond donors (Lipinski definition) is 3. The van der Waals surface area contributed by atoms with Crippen LogP contribution >= 0.6 is 0 Å². The second-order valence-electron chi connectivity index (χ2n) is 3.99. The molecule has 6 nitrogen and oxygen atoms in total. The van der Waals surface area contributed by atoms with E-state index in [1.54, 1.807) is 12.1 Å². The highest BCUT2D eigenvalue weighted by Crippen LogP contribution is 2.24. The van der Waals surface area contributed by atoms with Crippen LogP contribution in [0, 0.1) is 6.92 Å². The third-order valence-electron chi connectivity index (χ3n) is 2.43. The summed E-state index contributed by atoms with van der Waals surface area (Å²) in [5.41, 5.74) is 1.39. The Morgan fingerprint density at radius 1 is 1.32 bits per heavy atom. The molecule has 1 aromatic carbocycles. The Labute approximate surface area is 111 Å². The van der Waals surface area contributed by atoms with E-state index in [2.05, 4.69) is 10.6 Å². The van der Waals surface area contributed by atoms with Crippen LogP contribution in [0.1, 0.15) is 12.0 Å². The Bertz CT molecular complexity index is 460. The van der Waals surface area contributed by atoms with E-state index in [-0.39, 0.29) is 13.2 Å². The van der Waals surface area contributed by atoms with Crippen LogP contribution in [0.15, 0.2) is 18.2 Å². The van der Waals surface area contributed by atoms with Gasteiger partial charge in [-0.1, -0.05) is 6.07 Å². The fraction of sp³-hybridized carbons (Fsp3) is 0.385. The van der Waals surface area contributed by atoms with Crippen molar-refractivity contribution in [3.8, 4) is 5.75 Å². The van der Waals surface area contributed by atoms with Gasteiger partial charge in [0.05, 0.1) is 12.8 Å². The predicted octanol–water partition coefficient (Wildman–Crippen LogP) is 0.441. The van der Waals surface area contributed by atoms with E-state index in [0.29, 0.717) is 17.9 Å². The van der Waals surface area contributed by atoms with Gasteiger partial charge in [0.2, 0.25) is 0 Å². The van der Waals surface area contributed by atoms with Crippen LogP contribution in [-0.4, -0.2) is 37.2 Å². The monoisotopic (exact) mass is 266 g/mol. The van der Waals surface area contributed by atoms with Crippen LogP contribution in [0.25, 0.3) is 0 Å². The number of methoxy groups -OCH3 is 1. The number of amides is 2. The molecule has 0 bridgehead atoms. The minimum absolute atomic E-state index is 0.0341. The number of benzene rings is 1. The molecular weight excluding hydrogens is 248 g/mol. The SMILES string of the molecule is COc1ccc(C)cc1NC(=O)C(=O)NCCCO. The van der Waals surface area contributed by atoms with Crippen molar-refractivity contribution in [1.82, 2.24) is 5.32 Å². The molecule has 3 N–H and O–H groups in total. The summed E-state index contributed by atoms with van der Waals surface area (Å²) in [5, 5.41) is 13.5. The first-order chi connectivity index (χ1) is 9.08. The summed E-state index contributed by atoms with van der Waals surface area (Å²) >= 11 is 0. The van der Waals surface area contributed by atoms with Crippen molar-refractivity contribution in [1.29, 1.82) is 0 Å². The standard InChI is InChI=1S/C13H18N2O4/c1-9-4-5-11(19-2)10(8-9)15-13(18)12(17)14-6-3-7-16/h4-5,8,16H,3,6-7H2,1-2H3,(H,14,17)(H,15,18). The third kappa shape index (κ3) is 4.59. The Kier molecular flexibility index (Phi) is 5.81. The van der Waals surface area contributed by atoms with Crippen LogP contribution in [0.3, 0.4) is 0 Å². The first-order valence-electron chi connectivity index (χ1n) is 5.93. The number of nitrogens with one attached hydrogen (secondary N) is 2. The first kappa shape index (κ1) is 15.0. The summed E-state index contributed by atoms with van der Waals surface area (Å²) in [4.78, 5) is 23.1. The van der Waals surface area contributed by atoms with Gasteiger partial charge in [-0.05, 0) is 31.0 Å². The second-order valence-corrected chi connectivity index (χ2v) is 3.99. The normalized spacial score (nSPS) is 9.84. The van der Waals surface area contributed by atoms with Gasteiger partial charge in [-0.15, -0.1) is 0 Å². The van der Waals surface area contributed by atoms with E-state index in [0.717, 1.165) is 5.56 Å². The van der Waals surface area contributed by atoms with Gasteiger partial charge in [-0.25, -0.2) is 0 Å². The van der Waals surface area contributed by atoms with Crippen LogP contribution in [0.4, 0.5) is 5.69 Å². The average Bonchev–Trinajstić information content (AvgIpc) is 2.39. The molecule has 104 valence electrons. The van der Waals surface area contributed by atoms with Gasteiger partial charge < -0.3 is 20.5 Å². The summed E-state index contributed by atoms with van der Waals surface area (Å²) in [6.45, 7) is 2.09. The van der Waals surface area contributed by atoms with E-state index in [4.69, 9.17) is 9.84 Å². The molecule has 0 saturated heterocycles. The average molecular weight is 266 g/mol. The Morgan fingerprint density at radius 3 is 2.68 bits per heavy atom. The van der Waals surface area contributed by atoms with E-state index < -0.39 is 11.8 Å². The number of ether oxygens (including phenoxy) is 1. The summed E-state index contributed by atoms with van der Waals surface area (Å²) in [5.74, 6) is -1.01. The smallest absolute Gasteiger partial charge is 0.313 e. The van der Waals surface area contributed by atoms with Gasteiger partial charge in [0.1, 0.15) is 5.75 Å².